The van der Waals surface area contributed by atoms with E-state index in [1.165, 1.54) is 29.5 Å². The first-order valence-electron chi connectivity index (χ1n) is 6.29. The molecule has 0 aliphatic rings. The molecule has 0 heterocycles. The Bertz CT molecular complexity index is 308. The van der Waals surface area contributed by atoms with Gasteiger partial charge >= 0.3 is 0 Å². The third kappa shape index (κ3) is 3.34. The van der Waals surface area contributed by atoms with Gasteiger partial charge in [0.1, 0.15) is 0 Å². The van der Waals surface area contributed by atoms with Gasteiger partial charge in [-0.15, -0.1) is 0 Å². The molecular weight excluding hydrogens is 194 g/mol. The molecule has 1 N–H and O–H groups in total. The van der Waals surface area contributed by atoms with E-state index in [4.69, 9.17) is 0 Å². The van der Waals surface area contributed by atoms with E-state index < -0.39 is 0 Å². The predicted molar refractivity (Wildman–Crippen MR) is 71.8 cm³/mol. The van der Waals surface area contributed by atoms with Crippen LogP contribution in [0.25, 0.3) is 0 Å². The Labute approximate surface area is 100 Å². The highest BCUT2D eigenvalue weighted by molar-refractivity contribution is 5.36. The Hall–Kier alpha value is -0.820. The van der Waals surface area contributed by atoms with Crippen LogP contribution in [-0.2, 0) is 0 Å². The lowest BCUT2D eigenvalue weighted by Crippen LogP contribution is -2.19. The molecule has 1 nitrogen and oxygen atoms in total. The highest BCUT2D eigenvalue weighted by atomic mass is 14.9. The second-order valence-corrected chi connectivity index (χ2v) is 5.12. The van der Waals surface area contributed by atoms with E-state index in [1.54, 1.807) is 0 Å². The average molecular weight is 219 g/mol. The van der Waals surface area contributed by atoms with Crippen LogP contribution in [0.1, 0.15) is 49.4 Å². The lowest BCUT2D eigenvalue weighted by molar-refractivity contribution is 0.462. The minimum atomic E-state index is 0.503. The average Bonchev–Trinajstić information content (AvgIpc) is 2.22. The standard InChI is InChI=1S/C15H25N/c1-11(2)9-10-14(16-5)15-12(3)7-6-8-13(15)4/h6-8,11,14,16H,9-10H2,1-5H3. The number of hydrogen-bond acceptors (Lipinski definition) is 1. The molecule has 1 rings (SSSR count). The summed E-state index contributed by atoms with van der Waals surface area (Å²) in [5.41, 5.74) is 4.30. The molecule has 1 atom stereocenters. The molecule has 0 aromatic heterocycles. The fourth-order valence-corrected chi connectivity index (χ4v) is 2.31. The predicted octanol–water partition coefficient (Wildman–Crippen LogP) is 4.00. The third-order valence-corrected chi connectivity index (χ3v) is 3.27. The minimum absolute atomic E-state index is 0.503. The third-order valence-electron chi connectivity index (χ3n) is 3.27. The van der Waals surface area contributed by atoms with E-state index in [-0.39, 0.29) is 0 Å². The largest absolute Gasteiger partial charge is 0.313 e. The zero-order valence-corrected chi connectivity index (χ0v) is 11.3. The smallest absolute Gasteiger partial charge is 0.0322 e. The lowest BCUT2D eigenvalue weighted by atomic mass is 9.91. The van der Waals surface area contributed by atoms with Crippen LogP contribution in [-0.4, -0.2) is 7.05 Å². The molecule has 90 valence electrons. The zero-order chi connectivity index (χ0) is 12.1. The van der Waals surface area contributed by atoms with Crippen LogP contribution >= 0.6 is 0 Å². The Balaban J connectivity index is 2.86. The molecule has 0 saturated carbocycles. The molecule has 0 aliphatic heterocycles. The number of rotatable bonds is 5. The normalized spacial score (nSPS) is 13.1. The second-order valence-electron chi connectivity index (χ2n) is 5.12. The molecule has 1 aromatic rings. The number of hydrogen-bond donors (Lipinski definition) is 1. The highest BCUT2D eigenvalue weighted by Gasteiger charge is 2.14. The molecule has 0 aliphatic carbocycles. The molecule has 0 radical (unpaired) electrons. The van der Waals surface area contributed by atoms with E-state index in [0.717, 1.165) is 5.92 Å². The summed E-state index contributed by atoms with van der Waals surface area (Å²) in [6.45, 7) is 9.00. The van der Waals surface area contributed by atoms with Gasteiger partial charge in [0.2, 0.25) is 0 Å². The Morgan fingerprint density at radius 3 is 2.06 bits per heavy atom. The summed E-state index contributed by atoms with van der Waals surface area (Å²) >= 11 is 0. The molecule has 0 bridgehead atoms. The second kappa shape index (κ2) is 6.05. The van der Waals surface area contributed by atoms with Gasteiger partial charge < -0.3 is 5.32 Å². The SMILES string of the molecule is CNC(CCC(C)C)c1c(C)cccc1C. The van der Waals surface area contributed by atoms with Crippen LogP contribution in [0.4, 0.5) is 0 Å². The summed E-state index contributed by atoms with van der Waals surface area (Å²) in [5, 5.41) is 3.46. The number of aryl methyl sites for hydroxylation is 2. The summed E-state index contributed by atoms with van der Waals surface area (Å²) in [6.07, 6.45) is 2.50. The topological polar surface area (TPSA) is 12.0 Å². The molecule has 0 amide bonds. The lowest BCUT2D eigenvalue weighted by Gasteiger charge is -2.22. The Morgan fingerprint density at radius 2 is 1.62 bits per heavy atom. The molecule has 0 saturated heterocycles. The van der Waals surface area contributed by atoms with Crippen molar-refractivity contribution in [2.24, 2.45) is 5.92 Å². The van der Waals surface area contributed by atoms with Crippen molar-refractivity contribution in [3.63, 3.8) is 0 Å². The van der Waals surface area contributed by atoms with Gasteiger partial charge in [0.05, 0.1) is 0 Å². The fraction of sp³-hybridized carbons (Fsp3) is 0.600. The first-order valence-corrected chi connectivity index (χ1v) is 6.29. The van der Waals surface area contributed by atoms with Gasteiger partial charge in [0.25, 0.3) is 0 Å². The molecule has 0 fully saturated rings. The van der Waals surface area contributed by atoms with Crippen LogP contribution in [0.15, 0.2) is 18.2 Å². The number of benzene rings is 1. The maximum atomic E-state index is 3.46. The first-order chi connectivity index (χ1) is 7.56. The van der Waals surface area contributed by atoms with Crippen molar-refractivity contribution in [1.82, 2.24) is 5.32 Å². The summed E-state index contributed by atoms with van der Waals surface area (Å²) in [6, 6.07) is 7.07. The van der Waals surface area contributed by atoms with E-state index in [2.05, 4.69) is 58.3 Å². The highest BCUT2D eigenvalue weighted by Crippen LogP contribution is 2.26. The van der Waals surface area contributed by atoms with Crippen LogP contribution < -0.4 is 5.32 Å². The number of nitrogens with one attached hydrogen (secondary N) is 1. The van der Waals surface area contributed by atoms with Crippen molar-refractivity contribution in [3.8, 4) is 0 Å². The van der Waals surface area contributed by atoms with Crippen LogP contribution in [0, 0.1) is 19.8 Å². The van der Waals surface area contributed by atoms with Gasteiger partial charge in [-0.25, -0.2) is 0 Å². The molecule has 1 aromatic carbocycles. The zero-order valence-electron chi connectivity index (χ0n) is 11.3. The summed E-state index contributed by atoms with van der Waals surface area (Å²) in [5.74, 6) is 0.778. The van der Waals surface area contributed by atoms with Crippen molar-refractivity contribution in [3.05, 3.63) is 34.9 Å². The van der Waals surface area contributed by atoms with Crippen molar-refractivity contribution >= 4 is 0 Å². The Kier molecular flexibility index (Phi) is 5.01. The maximum Gasteiger partial charge on any atom is 0.0322 e. The van der Waals surface area contributed by atoms with Gasteiger partial charge in [-0.3, -0.25) is 0 Å². The first kappa shape index (κ1) is 13.2. The van der Waals surface area contributed by atoms with Crippen LogP contribution in [0.5, 0.6) is 0 Å². The molecular formula is C15H25N. The van der Waals surface area contributed by atoms with E-state index in [9.17, 15) is 0 Å². The van der Waals surface area contributed by atoms with E-state index in [1.807, 2.05) is 0 Å². The van der Waals surface area contributed by atoms with Crippen LogP contribution in [0.2, 0.25) is 0 Å². The van der Waals surface area contributed by atoms with Crippen molar-refractivity contribution in [1.29, 1.82) is 0 Å². The molecule has 16 heavy (non-hydrogen) atoms. The Morgan fingerprint density at radius 1 is 1.06 bits per heavy atom. The van der Waals surface area contributed by atoms with Gasteiger partial charge in [0, 0.05) is 6.04 Å². The van der Waals surface area contributed by atoms with Crippen molar-refractivity contribution in [2.45, 2.75) is 46.6 Å². The fourth-order valence-electron chi connectivity index (χ4n) is 2.31. The monoisotopic (exact) mass is 219 g/mol. The van der Waals surface area contributed by atoms with Crippen molar-refractivity contribution < 1.29 is 0 Å². The minimum Gasteiger partial charge on any atom is -0.313 e. The van der Waals surface area contributed by atoms with Gasteiger partial charge in [-0.2, -0.15) is 0 Å². The maximum absolute atomic E-state index is 3.46. The van der Waals surface area contributed by atoms with Gasteiger partial charge in [0.15, 0.2) is 0 Å². The van der Waals surface area contributed by atoms with Crippen LogP contribution in [0.3, 0.4) is 0 Å². The molecule has 1 unspecified atom stereocenters. The van der Waals surface area contributed by atoms with E-state index >= 15 is 0 Å². The quantitative estimate of drug-likeness (QED) is 0.789. The summed E-state index contributed by atoms with van der Waals surface area (Å²) in [7, 11) is 2.07. The van der Waals surface area contributed by atoms with Crippen molar-refractivity contribution in [2.75, 3.05) is 7.05 Å². The van der Waals surface area contributed by atoms with Gasteiger partial charge in [-0.05, 0) is 56.3 Å². The van der Waals surface area contributed by atoms with E-state index in [0.29, 0.717) is 6.04 Å². The summed E-state index contributed by atoms with van der Waals surface area (Å²) in [4.78, 5) is 0. The molecule has 0 spiro atoms. The molecule has 1 heteroatoms. The summed E-state index contributed by atoms with van der Waals surface area (Å²) < 4.78 is 0. The van der Waals surface area contributed by atoms with Gasteiger partial charge in [-0.1, -0.05) is 32.0 Å².